The zero-order chi connectivity index (χ0) is 20.5. The number of aromatic nitrogens is 3. The third-order valence-electron chi connectivity index (χ3n) is 4.90. The molecule has 0 aliphatic heterocycles. The van der Waals surface area contributed by atoms with Gasteiger partial charge in [-0.15, -0.1) is 0 Å². The summed E-state index contributed by atoms with van der Waals surface area (Å²) in [6, 6.07) is 15.3. The number of fused-ring (bicyclic) bond motifs is 2. The van der Waals surface area contributed by atoms with E-state index in [2.05, 4.69) is 5.32 Å². The Hall–Kier alpha value is -3.41. The lowest BCUT2D eigenvalue weighted by Gasteiger charge is -2.12. The summed E-state index contributed by atoms with van der Waals surface area (Å²) in [4.78, 5) is 30.8. The minimum atomic E-state index is -0.197. The normalized spacial score (nSPS) is 11.4. The Morgan fingerprint density at radius 1 is 1.14 bits per heavy atom. The number of rotatable bonds is 5. The molecule has 0 fully saturated rings. The lowest BCUT2D eigenvalue weighted by atomic mass is 10.2. The fourth-order valence-electron chi connectivity index (χ4n) is 3.41. The number of nitrogens with one attached hydrogen (secondary N) is 1. The Labute approximate surface area is 168 Å². The predicted octanol–water partition coefficient (Wildman–Crippen LogP) is 3.39. The van der Waals surface area contributed by atoms with Crippen LogP contribution in [0, 0.1) is 12.8 Å². The molecule has 1 aromatic carbocycles. The van der Waals surface area contributed by atoms with Crippen molar-refractivity contribution >= 4 is 22.6 Å². The first kappa shape index (κ1) is 18.9. The van der Waals surface area contributed by atoms with Crippen molar-refractivity contribution in [1.29, 1.82) is 0 Å². The fourth-order valence-corrected chi connectivity index (χ4v) is 3.41. The highest BCUT2D eigenvalue weighted by Gasteiger charge is 2.20. The first-order valence-corrected chi connectivity index (χ1v) is 9.78. The second-order valence-electron chi connectivity index (χ2n) is 7.79. The van der Waals surface area contributed by atoms with E-state index in [0.29, 0.717) is 41.4 Å². The number of carbonyl (C=O) groups is 1. The van der Waals surface area contributed by atoms with Crippen molar-refractivity contribution in [2.45, 2.75) is 27.3 Å². The number of amides is 1. The summed E-state index contributed by atoms with van der Waals surface area (Å²) in [5.74, 6) is 0.137. The molecule has 4 aromatic rings. The van der Waals surface area contributed by atoms with Crippen molar-refractivity contribution in [2.75, 3.05) is 6.54 Å². The lowest BCUT2D eigenvalue weighted by molar-refractivity contribution is 0.0940. The second-order valence-corrected chi connectivity index (χ2v) is 7.79. The molecule has 3 aromatic heterocycles. The Balaban J connectivity index is 1.93. The standard InChI is InChI=1S/C23H24N4O2/c1-15(2)12-24-22(28)19-11-18-21(26(19)14-17-7-5-4-6-8-17)25-20-10-9-16(3)13-27(20)23(18)29/h4-11,13,15H,12,14H2,1-3H3,(H,24,28). The summed E-state index contributed by atoms with van der Waals surface area (Å²) in [7, 11) is 0. The number of nitrogens with zero attached hydrogens (tertiary/aromatic N) is 3. The molecular weight excluding hydrogens is 364 g/mol. The lowest BCUT2D eigenvalue weighted by Crippen LogP contribution is -2.29. The van der Waals surface area contributed by atoms with Crippen LogP contribution in [0.15, 0.2) is 59.5 Å². The molecular formula is C23H24N4O2. The number of hydrogen-bond donors (Lipinski definition) is 1. The van der Waals surface area contributed by atoms with E-state index in [-0.39, 0.29) is 11.5 Å². The molecule has 0 bridgehead atoms. The average Bonchev–Trinajstić information content (AvgIpc) is 3.06. The number of pyridine rings is 1. The van der Waals surface area contributed by atoms with Crippen LogP contribution in [0.25, 0.3) is 16.7 Å². The maximum absolute atomic E-state index is 13.1. The van der Waals surface area contributed by atoms with Crippen LogP contribution in [0.2, 0.25) is 0 Å². The summed E-state index contributed by atoms with van der Waals surface area (Å²) in [5.41, 5.74) is 3.38. The molecule has 6 heteroatoms. The summed E-state index contributed by atoms with van der Waals surface area (Å²) in [5, 5.41) is 3.40. The number of hydrogen-bond acceptors (Lipinski definition) is 3. The van der Waals surface area contributed by atoms with Crippen LogP contribution in [0.3, 0.4) is 0 Å². The van der Waals surface area contributed by atoms with Gasteiger partial charge in [-0.05, 0) is 36.1 Å². The van der Waals surface area contributed by atoms with Gasteiger partial charge in [-0.1, -0.05) is 50.2 Å². The van der Waals surface area contributed by atoms with Gasteiger partial charge in [0.25, 0.3) is 11.5 Å². The van der Waals surface area contributed by atoms with Crippen molar-refractivity contribution in [1.82, 2.24) is 19.3 Å². The highest BCUT2D eigenvalue weighted by atomic mass is 16.2. The minimum absolute atomic E-state index is 0.168. The monoisotopic (exact) mass is 388 g/mol. The predicted molar refractivity (Wildman–Crippen MR) is 114 cm³/mol. The van der Waals surface area contributed by atoms with Gasteiger partial charge in [-0.25, -0.2) is 4.98 Å². The van der Waals surface area contributed by atoms with E-state index < -0.39 is 0 Å². The number of carbonyl (C=O) groups excluding carboxylic acids is 1. The van der Waals surface area contributed by atoms with Crippen LogP contribution in [-0.2, 0) is 6.54 Å². The molecule has 29 heavy (non-hydrogen) atoms. The smallest absolute Gasteiger partial charge is 0.268 e. The SMILES string of the molecule is Cc1ccc2nc3c(cc(C(=O)NCC(C)C)n3Cc3ccccc3)c(=O)n2c1. The molecule has 1 amide bonds. The Morgan fingerprint density at radius 2 is 1.90 bits per heavy atom. The van der Waals surface area contributed by atoms with Crippen molar-refractivity contribution in [2.24, 2.45) is 5.92 Å². The maximum atomic E-state index is 13.1. The average molecular weight is 388 g/mol. The zero-order valence-corrected chi connectivity index (χ0v) is 16.8. The highest BCUT2D eigenvalue weighted by Crippen LogP contribution is 2.19. The summed E-state index contributed by atoms with van der Waals surface area (Å²) < 4.78 is 3.38. The molecule has 0 saturated carbocycles. The van der Waals surface area contributed by atoms with Gasteiger partial charge in [0.2, 0.25) is 0 Å². The molecule has 3 heterocycles. The first-order chi connectivity index (χ1) is 13.9. The summed E-state index contributed by atoms with van der Waals surface area (Å²) >= 11 is 0. The molecule has 0 spiro atoms. The summed E-state index contributed by atoms with van der Waals surface area (Å²) in [6.07, 6.45) is 1.77. The van der Waals surface area contributed by atoms with Gasteiger partial charge in [0.1, 0.15) is 17.0 Å². The van der Waals surface area contributed by atoms with Crippen molar-refractivity contribution in [3.05, 3.63) is 81.9 Å². The molecule has 148 valence electrons. The molecule has 0 aliphatic rings. The molecule has 0 saturated heterocycles. The maximum Gasteiger partial charge on any atom is 0.268 e. The second kappa shape index (κ2) is 7.54. The molecule has 0 radical (unpaired) electrons. The quantitative estimate of drug-likeness (QED) is 0.570. The molecule has 0 aliphatic carbocycles. The van der Waals surface area contributed by atoms with E-state index in [4.69, 9.17) is 4.98 Å². The van der Waals surface area contributed by atoms with Crippen molar-refractivity contribution in [3.63, 3.8) is 0 Å². The molecule has 1 N–H and O–H groups in total. The van der Waals surface area contributed by atoms with Gasteiger partial charge in [-0.3, -0.25) is 14.0 Å². The number of benzene rings is 1. The van der Waals surface area contributed by atoms with E-state index in [9.17, 15) is 9.59 Å². The number of aryl methyl sites for hydroxylation is 1. The molecule has 4 rings (SSSR count). The fraction of sp³-hybridized carbons (Fsp3) is 0.261. The van der Waals surface area contributed by atoms with Gasteiger partial charge < -0.3 is 9.88 Å². The Kier molecular flexibility index (Phi) is 4.92. The Morgan fingerprint density at radius 3 is 2.62 bits per heavy atom. The third kappa shape index (κ3) is 3.66. The topological polar surface area (TPSA) is 68.4 Å². The molecule has 0 atom stereocenters. The third-order valence-corrected chi connectivity index (χ3v) is 4.90. The van der Waals surface area contributed by atoms with Gasteiger partial charge in [0, 0.05) is 19.3 Å². The van der Waals surface area contributed by atoms with Gasteiger partial charge in [0.05, 0.1) is 5.39 Å². The van der Waals surface area contributed by atoms with Crippen LogP contribution in [0.4, 0.5) is 0 Å². The molecule has 6 nitrogen and oxygen atoms in total. The van der Waals surface area contributed by atoms with Crippen LogP contribution >= 0.6 is 0 Å². The highest BCUT2D eigenvalue weighted by molar-refractivity contribution is 5.98. The van der Waals surface area contributed by atoms with E-state index in [1.807, 2.05) is 67.8 Å². The van der Waals surface area contributed by atoms with Crippen LogP contribution in [0.5, 0.6) is 0 Å². The van der Waals surface area contributed by atoms with Crippen molar-refractivity contribution < 1.29 is 4.79 Å². The van der Waals surface area contributed by atoms with E-state index in [1.54, 1.807) is 16.7 Å². The van der Waals surface area contributed by atoms with E-state index >= 15 is 0 Å². The van der Waals surface area contributed by atoms with Gasteiger partial charge >= 0.3 is 0 Å². The Bertz CT molecular complexity index is 1250. The van der Waals surface area contributed by atoms with Crippen LogP contribution in [0.1, 0.15) is 35.5 Å². The van der Waals surface area contributed by atoms with E-state index in [1.165, 1.54) is 0 Å². The van der Waals surface area contributed by atoms with Crippen LogP contribution in [-0.4, -0.2) is 26.4 Å². The van der Waals surface area contributed by atoms with Crippen molar-refractivity contribution in [3.8, 4) is 0 Å². The van der Waals surface area contributed by atoms with Crippen LogP contribution < -0.4 is 10.9 Å². The minimum Gasteiger partial charge on any atom is -0.351 e. The summed E-state index contributed by atoms with van der Waals surface area (Å²) in [6.45, 7) is 7.05. The molecule has 0 unspecified atom stereocenters. The van der Waals surface area contributed by atoms with E-state index in [0.717, 1.165) is 11.1 Å². The first-order valence-electron chi connectivity index (χ1n) is 9.78. The zero-order valence-electron chi connectivity index (χ0n) is 16.8. The van der Waals surface area contributed by atoms with Gasteiger partial charge in [0.15, 0.2) is 0 Å². The van der Waals surface area contributed by atoms with Gasteiger partial charge in [-0.2, -0.15) is 0 Å². The largest absolute Gasteiger partial charge is 0.351 e.